The van der Waals surface area contributed by atoms with Crippen LogP contribution in [0.25, 0.3) is 0 Å². The van der Waals surface area contributed by atoms with Crippen LogP contribution in [0.4, 0.5) is 18.9 Å². The molecule has 1 aliphatic heterocycles. The highest BCUT2D eigenvalue weighted by molar-refractivity contribution is 5.94. The summed E-state index contributed by atoms with van der Waals surface area (Å²) in [4.78, 5) is 14.1. The van der Waals surface area contributed by atoms with Gasteiger partial charge in [-0.15, -0.1) is 13.2 Å². The smallest absolute Gasteiger partial charge is 0.467 e. The molecule has 1 unspecified atom stereocenters. The van der Waals surface area contributed by atoms with Gasteiger partial charge >= 0.3 is 6.36 Å². The quantitative estimate of drug-likeness (QED) is 0.847. The lowest BCUT2D eigenvalue weighted by Crippen LogP contribution is -2.36. The van der Waals surface area contributed by atoms with Crippen LogP contribution in [0.5, 0.6) is 5.75 Å². The van der Waals surface area contributed by atoms with Gasteiger partial charge in [0.25, 0.3) is 5.91 Å². The van der Waals surface area contributed by atoms with E-state index in [-0.39, 0.29) is 24.2 Å². The number of nitrogens with one attached hydrogen (secondary N) is 1. The van der Waals surface area contributed by atoms with Crippen LogP contribution >= 0.6 is 0 Å². The van der Waals surface area contributed by atoms with E-state index in [1.165, 1.54) is 24.5 Å². The molecule has 0 radical (unpaired) electrons. The van der Waals surface area contributed by atoms with Crippen molar-refractivity contribution < 1.29 is 27.1 Å². The van der Waals surface area contributed by atoms with Gasteiger partial charge in [-0.3, -0.25) is 4.79 Å². The van der Waals surface area contributed by atoms with Gasteiger partial charge in [-0.05, 0) is 24.6 Å². The highest BCUT2D eigenvalue weighted by Gasteiger charge is 2.31. The van der Waals surface area contributed by atoms with E-state index in [1.807, 2.05) is 4.90 Å². The van der Waals surface area contributed by atoms with E-state index in [0.29, 0.717) is 36.5 Å². The first-order valence-corrected chi connectivity index (χ1v) is 8.03. The van der Waals surface area contributed by atoms with Gasteiger partial charge in [0, 0.05) is 30.9 Å². The predicted molar refractivity (Wildman–Crippen MR) is 87.8 cm³/mol. The van der Waals surface area contributed by atoms with Crippen LogP contribution in [0.15, 0.2) is 41.0 Å². The topological polar surface area (TPSA) is 80.7 Å². The third-order valence-electron chi connectivity index (χ3n) is 4.06. The molecule has 0 bridgehead atoms. The van der Waals surface area contributed by atoms with Gasteiger partial charge in [0.2, 0.25) is 0 Å². The van der Waals surface area contributed by atoms with Crippen LogP contribution < -0.4 is 20.7 Å². The van der Waals surface area contributed by atoms with Gasteiger partial charge in [0.15, 0.2) is 0 Å². The number of halogens is 3. The number of nitrogens with two attached hydrogens (primary N) is 1. The summed E-state index contributed by atoms with van der Waals surface area (Å²) in [6.45, 7) is 1.31. The number of carbonyl (C=O) groups is 1. The van der Waals surface area contributed by atoms with E-state index in [4.69, 9.17) is 10.2 Å². The molecular formula is C17H18F3N3O3. The largest absolute Gasteiger partial charge is 0.573 e. The Kier molecular flexibility index (Phi) is 5.08. The molecule has 1 aromatic heterocycles. The van der Waals surface area contributed by atoms with Crippen LogP contribution in [0.2, 0.25) is 0 Å². The molecule has 1 aromatic carbocycles. The standard InChI is InChI=1S/C17H18F3N3O3/c18-17(19,20)26-14-3-1-2-13(7-14)23-5-4-12(9-23)22-16(24)11-6-15(8-21)25-10-11/h1-3,6-7,10,12H,4-5,8-9,21H2,(H,22,24). The van der Waals surface area contributed by atoms with Crippen molar-refractivity contribution in [3.05, 3.63) is 47.9 Å². The Morgan fingerprint density at radius 3 is 2.88 bits per heavy atom. The van der Waals surface area contributed by atoms with Crippen molar-refractivity contribution in [2.24, 2.45) is 5.73 Å². The lowest BCUT2D eigenvalue weighted by Gasteiger charge is -2.20. The summed E-state index contributed by atoms with van der Waals surface area (Å²) in [5.41, 5.74) is 6.45. The zero-order chi connectivity index (χ0) is 18.7. The molecule has 26 heavy (non-hydrogen) atoms. The second-order valence-corrected chi connectivity index (χ2v) is 5.96. The number of benzene rings is 1. The first kappa shape index (κ1) is 18.1. The lowest BCUT2D eigenvalue weighted by molar-refractivity contribution is -0.274. The third-order valence-corrected chi connectivity index (χ3v) is 4.06. The first-order chi connectivity index (χ1) is 12.3. The van der Waals surface area contributed by atoms with E-state index in [9.17, 15) is 18.0 Å². The second kappa shape index (κ2) is 7.28. The van der Waals surface area contributed by atoms with Gasteiger partial charge in [0.05, 0.1) is 12.1 Å². The van der Waals surface area contributed by atoms with Gasteiger partial charge in [-0.1, -0.05) is 6.07 Å². The minimum atomic E-state index is -4.73. The molecule has 1 fully saturated rings. The Balaban J connectivity index is 1.60. The van der Waals surface area contributed by atoms with Gasteiger partial charge in [0.1, 0.15) is 17.8 Å². The average Bonchev–Trinajstić information content (AvgIpc) is 3.22. The Morgan fingerprint density at radius 1 is 1.38 bits per heavy atom. The second-order valence-electron chi connectivity index (χ2n) is 5.96. The maximum atomic E-state index is 12.3. The van der Waals surface area contributed by atoms with Crippen molar-refractivity contribution in [1.82, 2.24) is 5.32 Å². The number of ether oxygens (including phenoxy) is 1. The molecule has 2 heterocycles. The first-order valence-electron chi connectivity index (χ1n) is 8.03. The molecule has 0 aliphatic carbocycles. The maximum absolute atomic E-state index is 12.3. The summed E-state index contributed by atoms with van der Waals surface area (Å²) in [5, 5.41) is 2.89. The lowest BCUT2D eigenvalue weighted by atomic mass is 10.2. The number of furan rings is 1. The molecule has 6 nitrogen and oxygen atoms in total. The molecule has 0 spiro atoms. The molecule has 2 aromatic rings. The van der Waals surface area contributed by atoms with Crippen LogP contribution in [-0.4, -0.2) is 31.4 Å². The average molecular weight is 369 g/mol. The molecule has 0 saturated carbocycles. The van der Waals surface area contributed by atoms with E-state index < -0.39 is 6.36 Å². The van der Waals surface area contributed by atoms with Crippen LogP contribution in [0.3, 0.4) is 0 Å². The summed E-state index contributed by atoms with van der Waals surface area (Å²) in [5.74, 6) is -0.0191. The highest BCUT2D eigenvalue weighted by Crippen LogP contribution is 2.28. The Hall–Kier alpha value is -2.68. The minimum absolute atomic E-state index is 0.120. The highest BCUT2D eigenvalue weighted by atomic mass is 19.4. The summed E-state index contributed by atoms with van der Waals surface area (Å²) in [6.07, 6.45) is -2.70. The van der Waals surface area contributed by atoms with Crippen molar-refractivity contribution in [3.63, 3.8) is 0 Å². The molecular weight excluding hydrogens is 351 g/mol. The number of anilines is 1. The third kappa shape index (κ3) is 4.48. The van der Waals surface area contributed by atoms with E-state index in [0.717, 1.165) is 0 Å². The van der Waals surface area contributed by atoms with Gasteiger partial charge < -0.3 is 25.1 Å². The van der Waals surface area contributed by atoms with Gasteiger partial charge in [-0.2, -0.15) is 0 Å². The number of amides is 1. The monoisotopic (exact) mass is 369 g/mol. The van der Waals surface area contributed by atoms with Crippen molar-refractivity contribution in [1.29, 1.82) is 0 Å². The number of hydrogen-bond acceptors (Lipinski definition) is 5. The van der Waals surface area contributed by atoms with E-state index in [2.05, 4.69) is 10.1 Å². The molecule has 9 heteroatoms. The number of carbonyl (C=O) groups excluding carboxylic acids is 1. The van der Waals surface area contributed by atoms with Crippen LogP contribution in [0, 0.1) is 0 Å². The molecule has 3 rings (SSSR count). The zero-order valence-corrected chi connectivity index (χ0v) is 13.8. The molecule has 1 amide bonds. The van der Waals surface area contributed by atoms with Crippen LogP contribution in [-0.2, 0) is 6.54 Å². The minimum Gasteiger partial charge on any atom is -0.467 e. The summed E-state index contributed by atoms with van der Waals surface area (Å²) < 4.78 is 46.1. The number of rotatable bonds is 5. The molecule has 1 atom stereocenters. The molecule has 1 saturated heterocycles. The molecule has 1 aliphatic rings. The van der Waals surface area contributed by atoms with E-state index >= 15 is 0 Å². The number of hydrogen-bond donors (Lipinski definition) is 2. The van der Waals surface area contributed by atoms with Crippen molar-refractivity contribution in [2.45, 2.75) is 25.4 Å². The molecule has 140 valence electrons. The van der Waals surface area contributed by atoms with Crippen LogP contribution in [0.1, 0.15) is 22.5 Å². The summed E-state index contributed by atoms with van der Waals surface area (Å²) in [6, 6.07) is 7.26. The summed E-state index contributed by atoms with van der Waals surface area (Å²) >= 11 is 0. The normalized spacial score (nSPS) is 17.4. The predicted octanol–water partition coefficient (Wildman–Crippen LogP) is 2.65. The fourth-order valence-corrected chi connectivity index (χ4v) is 2.87. The fourth-order valence-electron chi connectivity index (χ4n) is 2.87. The van der Waals surface area contributed by atoms with Gasteiger partial charge in [-0.25, -0.2) is 0 Å². The van der Waals surface area contributed by atoms with Crippen molar-refractivity contribution in [3.8, 4) is 5.75 Å². The number of nitrogens with zero attached hydrogens (tertiary/aromatic N) is 1. The Bertz CT molecular complexity index is 776. The van der Waals surface area contributed by atoms with Crippen molar-refractivity contribution in [2.75, 3.05) is 18.0 Å². The van der Waals surface area contributed by atoms with Crippen molar-refractivity contribution >= 4 is 11.6 Å². The fraction of sp³-hybridized carbons (Fsp3) is 0.353. The Morgan fingerprint density at radius 2 is 2.19 bits per heavy atom. The number of alkyl halides is 3. The summed E-state index contributed by atoms with van der Waals surface area (Å²) in [7, 11) is 0. The maximum Gasteiger partial charge on any atom is 0.573 e. The molecule has 3 N–H and O–H groups in total. The zero-order valence-electron chi connectivity index (χ0n) is 13.8. The van der Waals surface area contributed by atoms with E-state index in [1.54, 1.807) is 12.1 Å². The Labute approximate surface area is 147 Å². The SMILES string of the molecule is NCc1cc(C(=O)NC2CCN(c3cccc(OC(F)(F)F)c3)C2)co1.